The second-order valence-electron chi connectivity index (χ2n) is 6.21. The summed E-state index contributed by atoms with van der Waals surface area (Å²) in [6, 6.07) is 12.3. The van der Waals surface area contributed by atoms with Crippen LogP contribution in [0.15, 0.2) is 52.3 Å². The lowest BCUT2D eigenvalue weighted by atomic mass is 9.87. The quantitative estimate of drug-likeness (QED) is 0.716. The van der Waals surface area contributed by atoms with Gasteiger partial charge in [0, 0.05) is 28.9 Å². The molecule has 0 spiro atoms. The molecule has 25 heavy (non-hydrogen) atoms. The predicted octanol–water partition coefficient (Wildman–Crippen LogP) is 4.83. The highest BCUT2D eigenvalue weighted by Crippen LogP contribution is 2.41. The second-order valence-corrected chi connectivity index (χ2v) is 7.36. The van der Waals surface area contributed by atoms with E-state index >= 15 is 0 Å². The summed E-state index contributed by atoms with van der Waals surface area (Å²) in [5.41, 5.74) is 0.845. The molecule has 0 amide bonds. The average Bonchev–Trinajstić information content (AvgIpc) is 2.96. The van der Waals surface area contributed by atoms with Crippen molar-refractivity contribution < 1.29 is 18.7 Å². The van der Waals surface area contributed by atoms with Gasteiger partial charge in [0.15, 0.2) is 5.78 Å². The van der Waals surface area contributed by atoms with Gasteiger partial charge < -0.3 is 9.47 Å². The maximum Gasteiger partial charge on any atom is 0.159 e. The van der Waals surface area contributed by atoms with Crippen molar-refractivity contribution >= 4 is 17.5 Å². The number of halogens is 1. The zero-order chi connectivity index (χ0) is 18.0. The van der Waals surface area contributed by atoms with Crippen LogP contribution in [0.4, 0.5) is 4.39 Å². The number of rotatable bonds is 5. The number of carbonyl (C=O) groups is 1. The van der Waals surface area contributed by atoms with Crippen molar-refractivity contribution in [3.05, 3.63) is 59.4 Å². The number of methoxy groups -OCH3 is 1. The highest BCUT2D eigenvalue weighted by Gasteiger charge is 2.43. The Morgan fingerprint density at radius 2 is 1.96 bits per heavy atom. The van der Waals surface area contributed by atoms with Gasteiger partial charge in [0.05, 0.1) is 12.7 Å². The molecule has 1 aliphatic heterocycles. The van der Waals surface area contributed by atoms with E-state index in [9.17, 15) is 9.18 Å². The lowest BCUT2D eigenvalue weighted by molar-refractivity contribution is -0.0650. The third kappa shape index (κ3) is 3.64. The van der Waals surface area contributed by atoms with Crippen molar-refractivity contribution in [3.63, 3.8) is 0 Å². The number of Topliss-reactive ketones (excluding diaryl/α,β-unsaturated/α-hetero) is 1. The van der Waals surface area contributed by atoms with Crippen molar-refractivity contribution in [1.82, 2.24) is 0 Å². The Morgan fingerprint density at radius 3 is 2.52 bits per heavy atom. The van der Waals surface area contributed by atoms with Crippen LogP contribution < -0.4 is 0 Å². The molecular formula is C20H21FO3S. The van der Waals surface area contributed by atoms with E-state index in [1.807, 2.05) is 25.1 Å². The van der Waals surface area contributed by atoms with Crippen LogP contribution in [0.3, 0.4) is 0 Å². The maximum atomic E-state index is 14.2. The van der Waals surface area contributed by atoms with Gasteiger partial charge in [-0.25, -0.2) is 4.39 Å². The van der Waals surface area contributed by atoms with Crippen LogP contribution in [0, 0.1) is 5.82 Å². The van der Waals surface area contributed by atoms with Gasteiger partial charge in [0.2, 0.25) is 0 Å². The number of hydrogen-bond acceptors (Lipinski definition) is 4. The van der Waals surface area contributed by atoms with E-state index < -0.39 is 5.60 Å². The van der Waals surface area contributed by atoms with E-state index in [4.69, 9.17) is 9.47 Å². The van der Waals surface area contributed by atoms with Gasteiger partial charge in [-0.05, 0) is 49.7 Å². The van der Waals surface area contributed by atoms with Crippen LogP contribution in [-0.4, -0.2) is 25.6 Å². The summed E-state index contributed by atoms with van der Waals surface area (Å²) in [5, 5.41) is 0. The van der Waals surface area contributed by atoms with Gasteiger partial charge in [-0.15, -0.1) is 0 Å². The summed E-state index contributed by atoms with van der Waals surface area (Å²) < 4.78 is 25.7. The molecule has 0 N–H and O–H groups in total. The Labute approximate surface area is 151 Å². The second kappa shape index (κ2) is 7.28. The molecule has 2 unspecified atom stereocenters. The zero-order valence-corrected chi connectivity index (χ0v) is 15.4. The van der Waals surface area contributed by atoms with Crippen LogP contribution in [0.25, 0.3) is 0 Å². The van der Waals surface area contributed by atoms with Crippen LogP contribution in [-0.2, 0) is 15.1 Å². The van der Waals surface area contributed by atoms with E-state index in [0.29, 0.717) is 18.6 Å². The predicted molar refractivity (Wildman–Crippen MR) is 95.7 cm³/mol. The number of ketones is 1. The van der Waals surface area contributed by atoms with Crippen molar-refractivity contribution in [1.29, 1.82) is 0 Å². The standard InChI is InChI=1S/C20H21FO3S/c1-13(22)15-4-6-18(7-5-15)25-19-11-16(10-17(21)12-19)20(23-3)8-9-24-14(20)2/h4-7,10-12,14H,8-9H2,1-3H3. The number of carbonyl (C=O) groups excluding carboxylic acids is 1. The van der Waals surface area contributed by atoms with E-state index in [1.54, 1.807) is 19.2 Å². The number of hydrogen-bond donors (Lipinski definition) is 0. The first-order valence-corrected chi connectivity index (χ1v) is 9.03. The number of ether oxygens (including phenoxy) is 2. The van der Waals surface area contributed by atoms with Gasteiger partial charge >= 0.3 is 0 Å². The van der Waals surface area contributed by atoms with Gasteiger partial charge in [0.25, 0.3) is 0 Å². The summed E-state index contributed by atoms with van der Waals surface area (Å²) in [6.07, 6.45) is 0.568. The Bertz CT molecular complexity index is 775. The van der Waals surface area contributed by atoms with Crippen LogP contribution in [0.1, 0.15) is 36.2 Å². The van der Waals surface area contributed by atoms with Gasteiger partial charge in [-0.3, -0.25) is 4.79 Å². The Kier molecular flexibility index (Phi) is 5.27. The third-order valence-corrected chi connectivity index (χ3v) is 5.70. The normalized spacial score (nSPS) is 23.0. The molecule has 2 atom stereocenters. The first kappa shape index (κ1) is 18.1. The van der Waals surface area contributed by atoms with E-state index in [2.05, 4.69) is 0 Å². The minimum absolute atomic E-state index is 0.0295. The molecular weight excluding hydrogens is 339 g/mol. The van der Waals surface area contributed by atoms with Gasteiger partial charge in [0.1, 0.15) is 11.4 Å². The third-order valence-electron chi connectivity index (χ3n) is 4.72. The summed E-state index contributed by atoms with van der Waals surface area (Å²) >= 11 is 1.46. The number of benzene rings is 2. The minimum atomic E-state index is -0.615. The molecule has 1 aliphatic rings. The highest BCUT2D eigenvalue weighted by molar-refractivity contribution is 7.99. The van der Waals surface area contributed by atoms with Crippen molar-refractivity contribution in [3.8, 4) is 0 Å². The fraction of sp³-hybridized carbons (Fsp3) is 0.350. The molecule has 0 aliphatic carbocycles. The topological polar surface area (TPSA) is 35.5 Å². The molecule has 1 heterocycles. The molecule has 2 aromatic rings. The van der Waals surface area contributed by atoms with Gasteiger partial charge in [-0.2, -0.15) is 0 Å². The fourth-order valence-corrected chi connectivity index (χ4v) is 4.15. The molecule has 1 saturated heterocycles. The minimum Gasteiger partial charge on any atom is -0.375 e. The van der Waals surface area contributed by atoms with E-state index in [0.717, 1.165) is 15.4 Å². The summed E-state index contributed by atoms with van der Waals surface area (Å²) in [7, 11) is 1.64. The lowest BCUT2D eigenvalue weighted by Gasteiger charge is -2.31. The summed E-state index contributed by atoms with van der Waals surface area (Å²) in [4.78, 5) is 13.1. The van der Waals surface area contributed by atoms with Crippen LogP contribution in [0.2, 0.25) is 0 Å². The first-order chi connectivity index (χ1) is 11.9. The fourth-order valence-electron chi connectivity index (χ4n) is 3.25. The molecule has 0 bridgehead atoms. The molecule has 0 saturated carbocycles. The molecule has 132 valence electrons. The summed E-state index contributed by atoms with van der Waals surface area (Å²) in [5.74, 6) is -0.266. The van der Waals surface area contributed by atoms with E-state index in [1.165, 1.54) is 30.8 Å². The monoisotopic (exact) mass is 360 g/mol. The van der Waals surface area contributed by atoms with Crippen LogP contribution >= 0.6 is 11.8 Å². The maximum absolute atomic E-state index is 14.2. The summed E-state index contributed by atoms with van der Waals surface area (Å²) in [6.45, 7) is 4.09. The molecule has 3 nitrogen and oxygen atoms in total. The molecule has 1 fully saturated rings. The molecule has 0 aromatic heterocycles. The average molecular weight is 360 g/mol. The van der Waals surface area contributed by atoms with Crippen LogP contribution in [0.5, 0.6) is 0 Å². The van der Waals surface area contributed by atoms with E-state index in [-0.39, 0.29) is 17.7 Å². The Morgan fingerprint density at radius 1 is 1.24 bits per heavy atom. The van der Waals surface area contributed by atoms with Crippen molar-refractivity contribution in [2.45, 2.75) is 41.8 Å². The molecule has 5 heteroatoms. The molecule has 2 aromatic carbocycles. The smallest absolute Gasteiger partial charge is 0.159 e. The molecule has 3 rings (SSSR count). The van der Waals surface area contributed by atoms with Crippen molar-refractivity contribution in [2.24, 2.45) is 0 Å². The first-order valence-electron chi connectivity index (χ1n) is 8.21. The lowest BCUT2D eigenvalue weighted by Crippen LogP contribution is -2.35. The highest BCUT2D eigenvalue weighted by atomic mass is 32.2. The van der Waals surface area contributed by atoms with Crippen molar-refractivity contribution in [2.75, 3.05) is 13.7 Å². The largest absolute Gasteiger partial charge is 0.375 e. The SMILES string of the molecule is COC1(c2cc(F)cc(Sc3ccc(C(C)=O)cc3)c2)CCOC1C. The zero-order valence-electron chi connectivity index (χ0n) is 14.5. The Balaban J connectivity index is 1.90. The Hall–Kier alpha value is -1.69. The molecule has 0 radical (unpaired) electrons. The van der Waals surface area contributed by atoms with Gasteiger partial charge in [-0.1, -0.05) is 23.9 Å².